The summed E-state index contributed by atoms with van der Waals surface area (Å²) in [5.41, 5.74) is 12.2. The molecule has 8 N–H and O–H groups in total. The zero-order chi connectivity index (χ0) is 96.6. The third kappa shape index (κ3) is 20.5. The normalized spacial score (nSPS) is 11.2. The minimum Gasteiger partial charge on any atom is -0.493 e. The van der Waals surface area contributed by atoms with Gasteiger partial charge in [0.25, 0.3) is 0 Å². The minimum atomic E-state index is -4.89. The van der Waals surface area contributed by atoms with E-state index in [-0.39, 0.29) is 104 Å². The molecule has 0 spiro atoms. The Bertz CT molecular complexity index is 7950. The maximum absolute atomic E-state index is 13.2. The van der Waals surface area contributed by atoms with Crippen molar-refractivity contribution in [3.05, 3.63) is 305 Å². The number of anilines is 3. The van der Waals surface area contributed by atoms with E-state index in [2.05, 4.69) is 10.1 Å². The van der Waals surface area contributed by atoms with Gasteiger partial charge in [0.2, 0.25) is 0 Å². The average molecular weight is 1920 g/mol. The van der Waals surface area contributed by atoms with Gasteiger partial charge in [0.15, 0.2) is 61.6 Å². The van der Waals surface area contributed by atoms with Crippen LogP contribution in [0.2, 0.25) is 25.1 Å². The number of nitrogens with one attached hydrogen (secondary N) is 1. The van der Waals surface area contributed by atoms with Crippen LogP contribution in [0.3, 0.4) is 0 Å². The summed E-state index contributed by atoms with van der Waals surface area (Å²) in [6.07, 6.45) is -4.12. The Morgan fingerprint density at radius 1 is 0.373 bits per heavy atom. The smallest absolute Gasteiger partial charge is 0.493 e. The largest absolute Gasteiger partial charge is 0.573 e. The number of aliphatic carboxylic acids is 5. The summed E-state index contributed by atoms with van der Waals surface area (Å²) in [4.78, 5) is 122. The fourth-order valence-electron chi connectivity index (χ4n) is 15.6. The van der Waals surface area contributed by atoms with E-state index in [0.717, 1.165) is 29.2 Å². The standard InChI is InChI=1S/C23H16ClF3N2O5.C23H18ClNO4.2C18H16ClNO4.C16H13ClN2O4/c1-33-22-15(24)9-8-14-20(22)29(11-19(30)31)17-10-12(6-7-13(17)21(14)32)28-16-4-2-3-5-18(16)34-23(25,26)27;1-14-7-8-16-19(11-14)25(12-20(26)27)21-17(22(16)28)9-10-18(24)23(21)29-13-15-5-3-2-4-6-15;1-3-24-18-13(19)7-6-12-16(18)20(9-15(21)22)14-8-10(2)4-5-11(14)17(12)23;1-2-9-24-18-13(19)8-7-12-16(18)20(10-15(21)22)14-6-4-3-5-11(14)17(12)23;1-23-16-11(17)5-4-10-14(16)19(7-13(20)21)12-6-8(18)2-3-9(12)15(10)22/h2-10,28H,11H2,1H3,(H,30,31);2-11H,12-13H2,1H3,(H,26,27);4-8H,3,9H2,1-2H3,(H,21,22);3-8H,2,9-10H2,1H3,(H,21,22);2-6H,7,18H2,1H3,(H,20,21). The molecule has 5 heterocycles. The number of halogens is 8. The first-order valence-corrected chi connectivity index (χ1v) is 42.6. The predicted molar refractivity (Wildman–Crippen MR) is 513 cm³/mol. The van der Waals surface area contributed by atoms with Gasteiger partial charge in [0, 0.05) is 38.3 Å². The van der Waals surface area contributed by atoms with Gasteiger partial charge in [-0.05, 0) is 189 Å². The second-order valence-electron chi connectivity index (χ2n) is 30.1. The lowest BCUT2D eigenvalue weighted by Gasteiger charge is -2.18. The summed E-state index contributed by atoms with van der Waals surface area (Å²) in [6, 6.07) is 57.6. The molecule has 0 atom stereocenters. The van der Waals surface area contributed by atoms with Crippen LogP contribution in [-0.4, -0.2) is 112 Å². The number of para-hydroxylation sites is 3. The maximum atomic E-state index is 13.2. The molecular formula is C98H79Cl5F3N7O21. The summed E-state index contributed by atoms with van der Waals surface area (Å²) in [7, 11) is 2.76. The number of fused-ring (bicyclic) bond motifs is 10. The molecule has 17 aromatic rings. The van der Waals surface area contributed by atoms with Crippen LogP contribution in [0.15, 0.2) is 236 Å². The summed E-state index contributed by atoms with van der Waals surface area (Å²) >= 11 is 31.3. The molecule has 0 unspecified atom stereocenters. The van der Waals surface area contributed by atoms with Crippen molar-refractivity contribution in [1.82, 2.24) is 22.8 Å². The highest BCUT2D eigenvalue weighted by Gasteiger charge is 2.33. The Hall–Kier alpha value is -15.0. The quantitative estimate of drug-likeness (QED) is 0.0231. The summed E-state index contributed by atoms with van der Waals surface area (Å²) in [5, 5.41) is 55.0. The molecule has 28 nitrogen and oxygen atoms in total. The molecule has 0 aliphatic heterocycles. The van der Waals surface area contributed by atoms with Gasteiger partial charge >= 0.3 is 36.2 Å². The van der Waals surface area contributed by atoms with Crippen LogP contribution in [0.1, 0.15) is 37.0 Å². The van der Waals surface area contributed by atoms with Crippen molar-refractivity contribution in [2.45, 2.75) is 79.8 Å². The number of carboxylic acid groups (broad SMARTS) is 5. The molecule has 0 radical (unpaired) electrons. The molecule has 134 heavy (non-hydrogen) atoms. The fraction of sp³-hybridized carbons (Fsp3) is 0.163. The number of aryl methyl sites for hydroxylation is 2. The number of hydrogen-bond donors (Lipinski definition) is 7. The lowest BCUT2D eigenvalue weighted by Crippen LogP contribution is -2.18. The van der Waals surface area contributed by atoms with E-state index >= 15 is 0 Å². The lowest BCUT2D eigenvalue weighted by molar-refractivity contribution is -0.274. The molecule has 0 saturated carbocycles. The number of aromatic nitrogens is 5. The Labute approximate surface area is 781 Å². The molecule has 0 fully saturated rings. The summed E-state index contributed by atoms with van der Waals surface area (Å²) in [6.45, 7) is 6.78. The van der Waals surface area contributed by atoms with Crippen molar-refractivity contribution in [2.75, 3.05) is 38.5 Å². The number of hydrogen-bond acceptors (Lipinski definition) is 18. The number of nitrogens with zero attached hydrogens (tertiary/aromatic N) is 5. The number of rotatable bonds is 23. The molecule has 0 amide bonds. The number of alkyl halides is 3. The minimum absolute atomic E-state index is 0.0210. The second-order valence-corrected chi connectivity index (χ2v) is 32.1. The van der Waals surface area contributed by atoms with E-state index in [1.165, 1.54) is 71.9 Å². The van der Waals surface area contributed by atoms with Crippen LogP contribution in [0.25, 0.3) is 109 Å². The van der Waals surface area contributed by atoms with E-state index in [1.807, 2.05) is 63.2 Å². The SMILES string of the molecule is CCCOc1c(Cl)ccc2c(=O)c3ccccc3n(CC(=O)O)c12.CCOc1c(Cl)ccc2c(=O)c3ccc(C)cc3n(CC(=O)O)c12.COc1c(Cl)ccc2c(=O)c3ccc(N)cc3n(CC(=O)O)c12.COc1c(Cl)ccc2c(=O)c3ccc(Nc4ccccc4OC(F)(F)F)cc3n(CC(=O)O)c12.Cc1ccc2c(=O)c3ccc(Cl)c(OCc4ccccc4)c3n(CC(=O)O)c2c1. The number of nitrogen functional groups attached to an aromatic ring is 1. The van der Waals surface area contributed by atoms with E-state index in [4.69, 9.17) is 87.4 Å². The van der Waals surface area contributed by atoms with Gasteiger partial charge in [0.05, 0.1) is 140 Å². The number of nitrogens with two attached hydrogens (primary N) is 1. The van der Waals surface area contributed by atoms with Gasteiger partial charge in [-0.1, -0.05) is 132 Å². The first kappa shape index (κ1) is 96.5. The van der Waals surface area contributed by atoms with Crippen LogP contribution in [0.5, 0.6) is 34.5 Å². The van der Waals surface area contributed by atoms with Crippen LogP contribution in [0.4, 0.5) is 30.2 Å². The topological polar surface area (TPSA) is 390 Å². The van der Waals surface area contributed by atoms with Gasteiger partial charge < -0.3 is 87.8 Å². The molecule has 688 valence electrons. The van der Waals surface area contributed by atoms with Crippen molar-refractivity contribution < 1.29 is 91.1 Å². The molecule has 0 aliphatic carbocycles. The van der Waals surface area contributed by atoms with Crippen molar-refractivity contribution >= 4 is 214 Å². The molecule has 36 heteroatoms. The molecule has 0 aliphatic rings. The second kappa shape index (κ2) is 41.2. The summed E-state index contributed by atoms with van der Waals surface area (Å²) < 4.78 is 78.0. The van der Waals surface area contributed by atoms with Gasteiger partial charge in [-0.15, -0.1) is 13.2 Å². The number of ether oxygens (including phenoxy) is 6. The predicted octanol–water partition coefficient (Wildman–Crippen LogP) is 20.1. The molecule has 0 saturated heterocycles. The Kier molecular flexibility index (Phi) is 29.7. The van der Waals surface area contributed by atoms with E-state index in [9.17, 15) is 86.6 Å². The zero-order valence-electron chi connectivity index (χ0n) is 71.7. The average Bonchev–Trinajstić information content (AvgIpc) is 0.750. The molecule has 5 aromatic heterocycles. The van der Waals surface area contributed by atoms with E-state index in [0.29, 0.717) is 149 Å². The third-order valence-corrected chi connectivity index (χ3v) is 22.6. The monoisotopic (exact) mass is 1920 g/mol. The highest BCUT2D eigenvalue weighted by molar-refractivity contribution is 6.35. The number of pyridine rings is 5. The van der Waals surface area contributed by atoms with E-state index < -0.39 is 48.5 Å². The number of benzene rings is 12. The number of carbonyl (C=O) groups is 5. The molecule has 12 aromatic carbocycles. The summed E-state index contributed by atoms with van der Waals surface area (Å²) in [5.74, 6) is -4.37. The van der Waals surface area contributed by atoms with Crippen LogP contribution >= 0.6 is 58.0 Å². The maximum Gasteiger partial charge on any atom is 0.573 e. The van der Waals surface area contributed by atoms with Gasteiger partial charge in [-0.2, -0.15) is 0 Å². The lowest BCUT2D eigenvalue weighted by atomic mass is 10.1. The van der Waals surface area contributed by atoms with E-state index in [1.54, 1.807) is 136 Å². The number of methoxy groups -OCH3 is 2. The van der Waals surface area contributed by atoms with Crippen molar-refractivity contribution in [2.24, 2.45) is 0 Å². The Morgan fingerprint density at radius 2 is 0.701 bits per heavy atom. The van der Waals surface area contributed by atoms with Gasteiger partial charge in [0.1, 0.15) is 39.3 Å². The fourth-order valence-corrected chi connectivity index (χ4v) is 16.7. The number of carboxylic acids is 5. The van der Waals surface area contributed by atoms with Crippen LogP contribution in [0, 0.1) is 13.8 Å². The molecular weight excluding hydrogens is 1850 g/mol. The van der Waals surface area contributed by atoms with Crippen LogP contribution < -0.4 is 66.6 Å². The van der Waals surface area contributed by atoms with Crippen molar-refractivity contribution in [3.63, 3.8) is 0 Å². The first-order chi connectivity index (χ1) is 63.9. The highest BCUT2D eigenvalue weighted by Crippen LogP contribution is 2.42. The first-order valence-electron chi connectivity index (χ1n) is 40.7. The van der Waals surface area contributed by atoms with Crippen LogP contribution in [-0.2, 0) is 63.3 Å². The molecule has 17 rings (SSSR count). The van der Waals surface area contributed by atoms with Crippen molar-refractivity contribution in [3.8, 4) is 34.5 Å². The Morgan fingerprint density at radius 3 is 1.10 bits per heavy atom. The Balaban J connectivity index is 0.000000143. The highest BCUT2D eigenvalue weighted by atomic mass is 35.5. The van der Waals surface area contributed by atoms with Crippen molar-refractivity contribution in [1.29, 1.82) is 0 Å². The third-order valence-electron chi connectivity index (χ3n) is 21.1. The molecule has 0 bridgehead atoms. The van der Waals surface area contributed by atoms with Gasteiger partial charge in [-0.3, -0.25) is 47.9 Å². The zero-order valence-corrected chi connectivity index (χ0v) is 75.5. The van der Waals surface area contributed by atoms with Gasteiger partial charge in [-0.25, -0.2) is 0 Å².